The fraction of sp³-hybridized carbons (Fsp3) is 0.550. The van der Waals surface area contributed by atoms with Crippen LogP contribution in [0.5, 0.6) is 5.75 Å². The molecule has 1 aliphatic heterocycles. The normalized spacial score (nSPS) is 17.7. The van der Waals surface area contributed by atoms with Crippen molar-refractivity contribution in [3.05, 3.63) is 30.2 Å². The summed E-state index contributed by atoms with van der Waals surface area (Å²) in [7, 11) is 1.63. The highest BCUT2D eigenvalue weighted by atomic mass is 35.5. The van der Waals surface area contributed by atoms with Gasteiger partial charge in [0.05, 0.1) is 7.11 Å². The second-order valence-corrected chi connectivity index (χ2v) is 7.10. The number of halogens is 1. The van der Waals surface area contributed by atoms with Gasteiger partial charge in [-0.3, -0.25) is 4.79 Å². The van der Waals surface area contributed by atoms with Crippen molar-refractivity contribution in [2.24, 2.45) is 5.73 Å². The Hall–Kier alpha value is -2.12. The Morgan fingerprint density at radius 3 is 2.79 bits per heavy atom. The van der Waals surface area contributed by atoms with E-state index >= 15 is 0 Å². The summed E-state index contributed by atoms with van der Waals surface area (Å²) in [5.41, 5.74) is 6.93. The van der Waals surface area contributed by atoms with E-state index in [4.69, 9.17) is 15.0 Å². The van der Waals surface area contributed by atoms with Gasteiger partial charge in [0, 0.05) is 37.0 Å². The number of aryl methyl sites for hydroxylation is 1. The molecule has 2 heterocycles. The highest BCUT2D eigenvalue weighted by molar-refractivity contribution is 5.85. The van der Waals surface area contributed by atoms with Gasteiger partial charge in [0.1, 0.15) is 5.75 Å². The molecule has 2 N–H and O–H groups in total. The van der Waals surface area contributed by atoms with Gasteiger partial charge >= 0.3 is 0 Å². The molecule has 0 spiro atoms. The number of amides is 1. The van der Waals surface area contributed by atoms with Gasteiger partial charge in [-0.1, -0.05) is 5.16 Å². The number of aromatic nitrogens is 2. The first-order valence-corrected chi connectivity index (χ1v) is 9.60. The van der Waals surface area contributed by atoms with Crippen molar-refractivity contribution in [2.45, 2.75) is 57.5 Å². The summed E-state index contributed by atoms with van der Waals surface area (Å²) in [6, 6.07) is 7.67. The summed E-state index contributed by atoms with van der Waals surface area (Å²) in [5, 5.41) is 4.03. The van der Waals surface area contributed by atoms with Gasteiger partial charge in [-0.2, -0.15) is 4.98 Å². The van der Waals surface area contributed by atoms with Crippen LogP contribution in [0.2, 0.25) is 0 Å². The molecule has 1 amide bonds. The Labute approximate surface area is 172 Å². The van der Waals surface area contributed by atoms with Crippen molar-refractivity contribution in [3.63, 3.8) is 0 Å². The van der Waals surface area contributed by atoms with Crippen LogP contribution in [0.15, 0.2) is 28.8 Å². The van der Waals surface area contributed by atoms with E-state index < -0.39 is 0 Å². The molecule has 0 bridgehead atoms. The van der Waals surface area contributed by atoms with Crippen LogP contribution in [0.1, 0.15) is 44.9 Å². The molecule has 1 aliphatic rings. The standard InChI is InChI=1S/C20H28N4O3.ClH/c1-14(21)17-6-3-4-13-24(17)19(25)8-5-7-18-22-20(23-27-18)15-9-11-16(26-2)12-10-15;/h9-12,14,17H,3-8,13,21H2,1-2H3;1H. The van der Waals surface area contributed by atoms with Crippen LogP contribution in [0.4, 0.5) is 0 Å². The van der Waals surface area contributed by atoms with Crippen LogP contribution in [0.25, 0.3) is 11.4 Å². The molecule has 154 valence electrons. The lowest BCUT2D eigenvalue weighted by Gasteiger charge is -2.38. The number of likely N-dealkylation sites (tertiary alicyclic amines) is 1. The maximum Gasteiger partial charge on any atom is 0.226 e. The van der Waals surface area contributed by atoms with Crippen LogP contribution < -0.4 is 10.5 Å². The molecule has 3 rings (SSSR count). The van der Waals surface area contributed by atoms with Gasteiger partial charge in [-0.25, -0.2) is 0 Å². The van der Waals surface area contributed by atoms with E-state index in [-0.39, 0.29) is 30.4 Å². The smallest absolute Gasteiger partial charge is 0.226 e. The molecule has 0 aliphatic carbocycles. The minimum Gasteiger partial charge on any atom is -0.497 e. The summed E-state index contributed by atoms with van der Waals surface area (Å²) in [6.07, 6.45) is 4.95. The molecule has 28 heavy (non-hydrogen) atoms. The fourth-order valence-corrected chi connectivity index (χ4v) is 3.56. The van der Waals surface area contributed by atoms with E-state index in [1.165, 1.54) is 0 Å². The quantitative estimate of drug-likeness (QED) is 0.755. The van der Waals surface area contributed by atoms with Crippen molar-refractivity contribution in [3.8, 4) is 17.1 Å². The van der Waals surface area contributed by atoms with Crippen LogP contribution >= 0.6 is 12.4 Å². The van der Waals surface area contributed by atoms with Crippen molar-refractivity contribution in [1.82, 2.24) is 15.0 Å². The third kappa shape index (κ3) is 5.45. The predicted molar refractivity (Wildman–Crippen MR) is 109 cm³/mol. The number of carbonyl (C=O) groups excluding carboxylic acids is 1. The summed E-state index contributed by atoms with van der Waals surface area (Å²) >= 11 is 0. The van der Waals surface area contributed by atoms with E-state index in [9.17, 15) is 4.79 Å². The third-order valence-corrected chi connectivity index (χ3v) is 5.07. The van der Waals surface area contributed by atoms with E-state index in [1.54, 1.807) is 7.11 Å². The van der Waals surface area contributed by atoms with Crippen LogP contribution in [0, 0.1) is 0 Å². The molecule has 1 saturated heterocycles. The SMILES string of the molecule is COc1ccc(-c2noc(CCCC(=O)N3CCCCC3C(C)N)n2)cc1.Cl. The van der Waals surface area contributed by atoms with E-state index in [1.807, 2.05) is 36.1 Å². The Morgan fingerprint density at radius 2 is 2.11 bits per heavy atom. The fourth-order valence-electron chi connectivity index (χ4n) is 3.56. The topological polar surface area (TPSA) is 94.5 Å². The molecule has 0 radical (unpaired) electrons. The number of benzene rings is 1. The highest BCUT2D eigenvalue weighted by Crippen LogP contribution is 2.22. The number of hydrogen-bond donors (Lipinski definition) is 1. The Bertz CT molecular complexity index is 748. The number of rotatable bonds is 7. The zero-order chi connectivity index (χ0) is 19.2. The van der Waals surface area contributed by atoms with Gasteiger partial charge in [-0.15, -0.1) is 12.4 Å². The van der Waals surface area contributed by atoms with Crippen molar-refractivity contribution >= 4 is 18.3 Å². The Kier molecular flexibility index (Phi) is 8.26. The van der Waals surface area contributed by atoms with Crippen LogP contribution in [-0.2, 0) is 11.2 Å². The van der Waals surface area contributed by atoms with Gasteiger partial charge in [-0.05, 0) is 56.9 Å². The Morgan fingerprint density at radius 1 is 1.36 bits per heavy atom. The van der Waals surface area contributed by atoms with Gasteiger partial charge in [0.25, 0.3) is 0 Å². The van der Waals surface area contributed by atoms with Crippen molar-refractivity contribution < 1.29 is 14.1 Å². The average Bonchev–Trinajstić information content (AvgIpc) is 3.17. The van der Waals surface area contributed by atoms with Crippen molar-refractivity contribution in [1.29, 1.82) is 0 Å². The second-order valence-electron chi connectivity index (χ2n) is 7.10. The molecule has 0 saturated carbocycles. The van der Waals surface area contributed by atoms with E-state index in [0.717, 1.165) is 37.1 Å². The molecule has 8 heteroatoms. The number of methoxy groups -OCH3 is 1. The first-order valence-electron chi connectivity index (χ1n) is 9.60. The Balaban J connectivity index is 0.00000280. The first-order chi connectivity index (χ1) is 13.1. The molecular weight excluding hydrogens is 380 g/mol. The first kappa shape index (κ1) is 22.2. The molecule has 7 nitrogen and oxygen atoms in total. The van der Waals surface area contributed by atoms with E-state index in [0.29, 0.717) is 31.0 Å². The second kappa shape index (κ2) is 10.4. The molecule has 2 unspecified atom stereocenters. The molecule has 1 aromatic heterocycles. The zero-order valence-electron chi connectivity index (χ0n) is 16.5. The van der Waals surface area contributed by atoms with Gasteiger partial charge in [0.15, 0.2) is 0 Å². The molecule has 1 fully saturated rings. The molecule has 2 atom stereocenters. The van der Waals surface area contributed by atoms with Gasteiger partial charge < -0.3 is 19.9 Å². The lowest BCUT2D eigenvalue weighted by atomic mass is 9.96. The number of carbonyl (C=O) groups is 1. The number of nitrogens with zero attached hydrogens (tertiary/aromatic N) is 3. The van der Waals surface area contributed by atoms with Crippen LogP contribution in [0.3, 0.4) is 0 Å². The molecule has 2 aromatic rings. The average molecular weight is 409 g/mol. The molecule has 1 aromatic carbocycles. The minimum absolute atomic E-state index is 0. The largest absolute Gasteiger partial charge is 0.497 e. The zero-order valence-corrected chi connectivity index (χ0v) is 17.3. The van der Waals surface area contributed by atoms with Crippen molar-refractivity contribution in [2.75, 3.05) is 13.7 Å². The molecular formula is C20H29ClN4O3. The predicted octanol–water partition coefficient (Wildman–Crippen LogP) is 3.22. The summed E-state index contributed by atoms with van der Waals surface area (Å²) in [6.45, 7) is 2.79. The van der Waals surface area contributed by atoms with E-state index in [2.05, 4.69) is 10.1 Å². The number of hydrogen-bond acceptors (Lipinski definition) is 6. The highest BCUT2D eigenvalue weighted by Gasteiger charge is 2.28. The number of nitrogens with two attached hydrogens (primary N) is 1. The third-order valence-electron chi connectivity index (χ3n) is 5.07. The van der Waals surface area contributed by atoms with Crippen LogP contribution in [-0.4, -0.2) is 46.7 Å². The number of ether oxygens (including phenoxy) is 1. The van der Waals surface area contributed by atoms with Gasteiger partial charge in [0.2, 0.25) is 17.6 Å². The minimum atomic E-state index is 0. The monoisotopic (exact) mass is 408 g/mol. The summed E-state index contributed by atoms with van der Waals surface area (Å²) in [5.74, 6) is 2.05. The lowest BCUT2D eigenvalue weighted by Crippen LogP contribution is -2.51. The summed E-state index contributed by atoms with van der Waals surface area (Å²) < 4.78 is 10.5. The lowest BCUT2D eigenvalue weighted by molar-refractivity contribution is -0.135. The number of piperidine rings is 1. The summed E-state index contributed by atoms with van der Waals surface area (Å²) in [4.78, 5) is 19.0. The maximum absolute atomic E-state index is 12.6. The maximum atomic E-state index is 12.6.